The van der Waals surface area contributed by atoms with E-state index in [1.54, 1.807) is 0 Å². The summed E-state index contributed by atoms with van der Waals surface area (Å²) < 4.78 is 4.32. The average Bonchev–Trinajstić information content (AvgIpc) is 3.01. The van der Waals surface area contributed by atoms with Gasteiger partial charge in [0.25, 0.3) is 0 Å². The third-order valence-corrected chi connectivity index (χ3v) is 4.34. The number of hydrogen-bond donors (Lipinski definition) is 0. The van der Waals surface area contributed by atoms with Gasteiger partial charge in [0.2, 0.25) is 6.33 Å². The third-order valence-electron chi connectivity index (χ3n) is 4.34. The van der Waals surface area contributed by atoms with E-state index in [0.717, 1.165) is 6.54 Å². The highest BCUT2D eigenvalue weighted by atomic mass is 15.1. The maximum Gasteiger partial charge on any atom is 0.249 e. The van der Waals surface area contributed by atoms with E-state index in [1.165, 1.54) is 27.7 Å². The summed E-state index contributed by atoms with van der Waals surface area (Å²) in [6, 6.07) is 27.7. The van der Waals surface area contributed by atoms with Gasteiger partial charge in [0, 0.05) is 0 Å². The Kier molecular flexibility index (Phi) is 3.72. The van der Waals surface area contributed by atoms with Crippen LogP contribution in [0.3, 0.4) is 0 Å². The molecule has 4 rings (SSSR count). The van der Waals surface area contributed by atoms with Gasteiger partial charge in [-0.15, -0.1) is 0 Å². The number of aromatic nitrogens is 2. The predicted octanol–water partition coefficient (Wildman–Crippen LogP) is 4.74. The summed E-state index contributed by atoms with van der Waals surface area (Å²) in [5, 5.41) is 0. The smallest absolute Gasteiger partial charge is 0.225 e. The zero-order valence-corrected chi connectivity index (χ0v) is 13.5. The first kappa shape index (κ1) is 14.5. The molecule has 0 atom stereocenters. The van der Waals surface area contributed by atoms with Crippen LogP contribution in [0.2, 0.25) is 0 Å². The number of fused-ring (bicyclic) bond motifs is 1. The van der Waals surface area contributed by atoms with Crippen LogP contribution < -0.4 is 4.57 Å². The highest BCUT2D eigenvalue weighted by Gasteiger charge is 2.13. The van der Waals surface area contributed by atoms with Crippen molar-refractivity contribution in [1.29, 1.82) is 0 Å². The van der Waals surface area contributed by atoms with Gasteiger partial charge in [-0.25, -0.2) is 9.13 Å². The summed E-state index contributed by atoms with van der Waals surface area (Å²) in [5.41, 5.74) is 6.17. The molecule has 2 nitrogen and oxygen atoms in total. The molecule has 0 amide bonds. The summed E-state index contributed by atoms with van der Waals surface area (Å²) in [5.74, 6) is 0. The summed E-state index contributed by atoms with van der Waals surface area (Å²) in [6.45, 7) is 4.74. The molecule has 24 heavy (non-hydrogen) atoms. The lowest BCUT2D eigenvalue weighted by atomic mass is 10.0. The Morgan fingerprint density at radius 1 is 0.792 bits per heavy atom. The van der Waals surface area contributed by atoms with Gasteiger partial charge in [-0.1, -0.05) is 73.3 Å². The van der Waals surface area contributed by atoms with Crippen molar-refractivity contribution in [3.8, 4) is 11.1 Å². The van der Waals surface area contributed by atoms with Crippen LogP contribution >= 0.6 is 0 Å². The Morgan fingerprint density at radius 3 is 2.21 bits per heavy atom. The Hall–Kier alpha value is -3.13. The highest BCUT2D eigenvalue weighted by Crippen LogP contribution is 2.19. The Labute approximate surface area is 141 Å². The van der Waals surface area contributed by atoms with E-state index in [4.69, 9.17) is 0 Å². The van der Waals surface area contributed by atoms with Crippen LogP contribution in [0.5, 0.6) is 0 Å². The number of rotatable bonds is 4. The lowest BCUT2D eigenvalue weighted by Gasteiger charge is -2.03. The number of nitrogens with zero attached hydrogens (tertiary/aromatic N) is 2. The molecule has 0 N–H and O–H groups in total. The van der Waals surface area contributed by atoms with Crippen LogP contribution in [0.4, 0.5) is 0 Å². The van der Waals surface area contributed by atoms with Crippen molar-refractivity contribution < 1.29 is 4.57 Å². The van der Waals surface area contributed by atoms with E-state index in [0.29, 0.717) is 0 Å². The fourth-order valence-electron chi connectivity index (χ4n) is 3.10. The largest absolute Gasteiger partial charge is 0.249 e. The van der Waals surface area contributed by atoms with Crippen molar-refractivity contribution in [3.05, 3.63) is 97.3 Å². The van der Waals surface area contributed by atoms with E-state index >= 15 is 0 Å². The Bertz CT molecular complexity index is 980. The van der Waals surface area contributed by atoms with Gasteiger partial charge in [-0.3, -0.25) is 0 Å². The minimum atomic E-state index is 0.844. The van der Waals surface area contributed by atoms with Gasteiger partial charge in [-0.2, -0.15) is 0 Å². The van der Waals surface area contributed by atoms with Crippen molar-refractivity contribution in [2.75, 3.05) is 0 Å². The molecule has 4 aromatic rings. The second-order valence-electron chi connectivity index (χ2n) is 5.88. The molecule has 3 aromatic carbocycles. The third kappa shape index (κ3) is 2.63. The monoisotopic (exact) mass is 311 g/mol. The van der Waals surface area contributed by atoms with Crippen LogP contribution in [0, 0.1) is 0 Å². The van der Waals surface area contributed by atoms with Crippen LogP contribution in [-0.4, -0.2) is 4.57 Å². The first-order valence-corrected chi connectivity index (χ1v) is 8.11. The SMILES string of the molecule is C=Cn1c[n+](Cc2ccc(-c3ccccc3)cc2)c2ccccc21. The molecular weight excluding hydrogens is 292 g/mol. The van der Waals surface area contributed by atoms with E-state index in [1.807, 2.05) is 12.3 Å². The lowest BCUT2D eigenvalue weighted by Crippen LogP contribution is -2.32. The van der Waals surface area contributed by atoms with Crippen molar-refractivity contribution in [2.45, 2.75) is 6.54 Å². The molecule has 0 saturated heterocycles. The fourth-order valence-corrected chi connectivity index (χ4v) is 3.10. The molecule has 1 aromatic heterocycles. The molecule has 0 fully saturated rings. The predicted molar refractivity (Wildman–Crippen MR) is 99.5 cm³/mol. The molecule has 2 heteroatoms. The lowest BCUT2D eigenvalue weighted by molar-refractivity contribution is -0.662. The van der Waals surface area contributed by atoms with E-state index < -0.39 is 0 Å². The molecular formula is C22H19N2+. The van der Waals surface area contributed by atoms with Crippen molar-refractivity contribution in [3.63, 3.8) is 0 Å². The van der Waals surface area contributed by atoms with Crippen molar-refractivity contribution in [1.82, 2.24) is 4.57 Å². The normalized spacial score (nSPS) is 10.8. The minimum Gasteiger partial charge on any atom is -0.225 e. The summed E-state index contributed by atoms with van der Waals surface area (Å²) in [7, 11) is 0. The zero-order chi connectivity index (χ0) is 16.4. The summed E-state index contributed by atoms with van der Waals surface area (Å²) >= 11 is 0. The van der Waals surface area contributed by atoms with Crippen molar-refractivity contribution in [2.24, 2.45) is 0 Å². The maximum absolute atomic E-state index is 3.90. The molecule has 0 aliphatic heterocycles. The minimum absolute atomic E-state index is 0.844. The number of imidazole rings is 1. The highest BCUT2D eigenvalue weighted by molar-refractivity contribution is 5.73. The van der Waals surface area contributed by atoms with Gasteiger partial charge >= 0.3 is 0 Å². The van der Waals surface area contributed by atoms with Crippen LogP contribution in [0.25, 0.3) is 28.4 Å². The number of para-hydroxylation sites is 2. The van der Waals surface area contributed by atoms with Gasteiger partial charge in [0.1, 0.15) is 6.54 Å². The number of benzene rings is 3. The standard InChI is InChI=1S/C22H19N2/c1-2-23-17-24(22-11-7-6-10-21(22)23)16-18-12-14-20(15-13-18)19-8-4-3-5-9-19/h2-15,17H,1,16H2/q+1. The molecule has 0 saturated carbocycles. The first-order valence-electron chi connectivity index (χ1n) is 8.11. The van der Waals surface area contributed by atoms with Crippen LogP contribution in [0.1, 0.15) is 5.56 Å². The second kappa shape index (κ2) is 6.17. The van der Waals surface area contributed by atoms with Gasteiger partial charge in [-0.05, 0) is 28.8 Å². The summed E-state index contributed by atoms with van der Waals surface area (Å²) in [6.07, 6.45) is 3.94. The molecule has 0 radical (unpaired) electrons. The molecule has 0 spiro atoms. The molecule has 1 heterocycles. The number of hydrogen-bond acceptors (Lipinski definition) is 0. The molecule has 0 aliphatic carbocycles. The zero-order valence-electron chi connectivity index (χ0n) is 13.5. The first-order chi connectivity index (χ1) is 11.8. The topological polar surface area (TPSA) is 8.81 Å². The Balaban J connectivity index is 1.66. The van der Waals surface area contributed by atoms with Gasteiger partial charge in [0.15, 0.2) is 11.0 Å². The quantitative estimate of drug-likeness (QED) is 0.481. The van der Waals surface area contributed by atoms with Crippen molar-refractivity contribution >= 4 is 17.2 Å². The molecule has 116 valence electrons. The van der Waals surface area contributed by atoms with Gasteiger partial charge < -0.3 is 0 Å². The Morgan fingerprint density at radius 2 is 1.46 bits per heavy atom. The van der Waals surface area contributed by atoms with E-state index in [9.17, 15) is 0 Å². The fraction of sp³-hybridized carbons (Fsp3) is 0.0455. The van der Waals surface area contributed by atoms with Crippen LogP contribution in [0.15, 0.2) is 91.8 Å². The van der Waals surface area contributed by atoms with Crippen LogP contribution in [-0.2, 0) is 6.54 Å². The van der Waals surface area contributed by atoms with E-state index in [-0.39, 0.29) is 0 Å². The molecule has 0 aliphatic rings. The van der Waals surface area contributed by atoms with Gasteiger partial charge in [0.05, 0.1) is 6.20 Å². The second-order valence-corrected chi connectivity index (χ2v) is 5.88. The van der Waals surface area contributed by atoms with E-state index in [2.05, 4.69) is 94.8 Å². The molecule has 0 unspecified atom stereocenters. The maximum atomic E-state index is 3.90. The molecule has 0 bridgehead atoms. The average molecular weight is 311 g/mol. The summed E-state index contributed by atoms with van der Waals surface area (Å²) in [4.78, 5) is 0.